The van der Waals surface area contributed by atoms with Crippen LogP contribution in [-0.2, 0) is 19.3 Å². The molecular formula is C26H43NO2. The topological polar surface area (TPSA) is 38.3 Å². The fraction of sp³-hybridized carbons (Fsp3) is 0.731. The largest absolute Gasteiger partial charge is 0.412 e. The number of ether oxygens (including phenoxy) is 1. The summed E-state index contributed by atoms with van der Waals surface area (Å²) in [6, 6.07) is 4.50. The molecule has 0 heterocycles. The quantitative estimate of drug-likeness (QED) is 0.473. The van der Waals surface area contributed by atoms with E-state index in [2.05, 4.69) is 59.0 Å². The zero-order chi connectivity index (χ0) is 21.5. The van der Waals surface area contributed by atoms with Crippen LogP contribution in [0.3, 0.4) is 0 Å². The van der Waals surface area contributed by atoms with Gasteiger partial charge in [-0.15, -0.1) is 0 Å². The first-order chi connectivity index (χ1) is 13.7. The zero-order valence-electron chi connectivity index (χ0n) is 19.7. The summed E-state index contributed by atoms with van der Waals surface area (Å²) in [7, 11) is 0. The van der Waals surface area contributed by atoms with Crippen molar-refractivity contribution < 1.29 is 9.53 Å². The third-order valence-electron chi connectivity index (χ3n) is 6.27. The predicted octanol–water partition coefficient (Wildman–Crippen LogP) is 7.24. The predicted molar refractivity (Wildman–Crippen MR) is 123 cm³/mol. The van der Waals surface area contributed by atoms with Gasteiger partial charge in [-0.3, -0.25) is 0 Å². The van der Waals surface area contributed by atoms with E-state index in [1.54, 1.807) is 0 Å². The van der Waals surface area contributed by atoms with Gasteiger partial charge in [-0.2, -0.15) is 0 Å². The fourth-order valence-electron chi connectivity index (χ4n) is 5.19. The minimum Gasteiger partial charge on any atom is -0.410 e. The summed E-state index contributed by atoms with van der Waals surface area (Å²) < 4.78 is 5.95. The van der Waals surface area contributed by atoms with Crippen LogP contribution in [0.1, 0.15) is 103 Å². The number of carbonyl (C=O) groups excluding carboxylic acids is 1. The van der Waals surface area contributed by atoms with E-state index in [4.69, 9.17) is 4.74 Å². The van der Waals surface area contributed by atoms with E-state index in [-0.39, 0.29) is 11.5 Å². The molecule has 3 nitrogen and oxygen atoms in total. The molecular weight excluding hydrogens is 358 g/mol. The molecule has 1 unspecified atom stereocenters. The van der Waals surface area contributed by atoms with Crippen molar-refractivity contribution in [2.75, 3.05) is 6.54 Å². The standard InChI is InChI=1S/C26H43NO2/c1-7-11-20-16-21(12-8-2)23(22(17-20)13-9-3)29-24(28)27-19-26(6)15-10-14-25(4,5)18-26/h16-17H,7-15,18-19H2,1-6H3,(H,27,28). The van der Waals surface area contributed by atoms with Crippen molar-refractivity contribution in [3.8, 4) is 5.75 Å². The van der Waals surface area contributed by atoms with Crippen molar-refractivity contribution in [2.24, 2.45) is 10.8 Å². The molecule has 3 heteroatoms. The average molecular weight is 402 g/mol. The molecule has 0 spiro atoms. The van der Waals surface area contributed by atoms with E-state index in [0.29, 0.717) is 12.0 Å². The Hall–Kier alpha value is -1.51. The van der Waals surface area contributed by atoms with Crippen molar-refractivity contribution in [3.63, 3.8) is 0 Å². The summed E-state index contributed by atoms with van der Waals surface area (Å²) in [6.07, 6.45) is 10.7. The van der Waals surface area contributed by atoms with Crippen LogP contribution in [-0.4, -0.2) is 12.6 Å². The maximum absolute atomic E-state index is 12.7. The molecule has 0 radical (unpaired) electrons. The number of carbonyl (C=O) groups is 1. The van der Waals surface area contributed by atoms with Crippen LogP contribution >= 0.6 is 0 Å². The summed E-state index contributed by atoms with van der Waals surface area (Å²) in [5.74, 6) is 0.806. The number of hydrogen-bond acceptors (Lipinski definition) is 2. The Morgan fingerprint density at radius 1 is 0.966 bits per heavy atom. The van der Waals surface area contributed by atoms with Crippen LogP contribution in [0.2, 0.25) is 0 Å². The van der Waals surface area contributed by atoms with Crippen LogP contribution in [0.5, 0.6) is 5.75 Å². The van der Waals surface area contributed by atoms with E-state index in [9.17, 15) is 4.79 Å². The monoisotopic (exact) mass is 401 g/mol. The fourth-order valence-corrected chi connectivity index (χ4v) is 5.19. The Bertz CT molecular complexity index is 652. The molecule has 164 valence electrons. The molecule has 0 bridgehead atoms. The lowest BCUT2D eigenvalue weighted by molar-refractivity contribution is 0.0968. The smallest absolute Gasteiger partial charge is 0.410 e. The number of rotatable bonds is 9. The van der Waals surface area contributed by atoms with Crippen molar-refractivity contribution in [2.45, 2.75) is 106 Å². The highest BCUT2D eigenvalue weighted by molar-refractivity contribution is 5.71. The van der Waals surface area contributed by atoms with E-state index in [1.165, 1.54) is 36.0 Å². The third kappa shape index (κ3) is 7.04. The lowest BCUT2D eigenvalue weighted by Crippen LogP contribution is -2.42. The van der Waals surface area contributed by atoms with Gasteiger partial charge in [0, 0.05) is 6.54 Å². The van der Waals surface area contributed by atoms with Gasteiger partial charge in [-0.1, -0.05) is 79.4 Å². The second kappa shape index (κ2) is 10.5. The van der Waals surface area contributed by atoms with Gasteiger partial charge in [0.1, 0.15) is 5.75 Å². The molecule has 0 aliphatic heterocycles. The molecule has 1 aliphatic rings. The first kappa shape index (κ1) is 23.8. The van der Waals surface area contributed by atoms with Crippen molar-refractivity contribution in [1.29, 1.82) is 0 Å². The number of hydrogen-bond donors (Lipinski definition) is 1. The van der Waals surface area contributed by atoms with Crippen LogP contribution in [0.4, 0.5) is 4.79 Å². The molecule has 1 aromatic carbocycles. The maximum atomic E-state index is 12.7. The minimum absolute atomic E-state index is 0.157. The zero-order valence-corrected chi connectivity index (χ0v) is 19.7. The lowest BCUT2D eigenvalue weighted by Gasteiger charge is -2.42. The Balaban J connectivity index is 2.13. The van der Waals surface area contributed by atoms with Crippen LogP contribution in [0.25, 0.3) is 0 Å². The summed E-state index contributed by atoms with van der Waals surface area (Å²) >= 11 is 0. The first-order valence-electron chi connectivity index (χ1n) is 11.8. The Morgan fingerprint density at radius 2 is 1.55 bits per heavy atom. The van der Waals surface area contributed by atoms with Crippen molar-refractivity contribution in [3.05, 3.63) is 28.8 Å². The summed E-state index contributed by atoms with van der Waals surface area (Å²) in [6.45, 7) is 14.3. The van der Waals surface area contributed by atoms with Crippen molar-refractivity contribution in [1.82, 2.24) is 5.32 Å². The van der Waals surface area contributed by atoms with Gasteiger partial charge in [0.2, 0.25) is 0 Å². The second-order valence-electron chi connectivity index (χ2n) is 10.2. The van der Waals surface area contributed by atoms with Gasteiger partial charge < -0.3 is 10.1 Å². The average Bonchev–Trinajstić information content (AvgIpc) is 2.62. The van der Waals surface area contributed by atoms with Crippen molar-refractivity contribution >= 4 is 6.09 Å². The lowest BCUT2D eigenvalue weighted by atomic mass is 9.64. The second-order valence-corrected chi connectivity index (χ2v) is 10.2. The Kier molecular flexibility index (Phi) is 8.60. The van der Waals surface area contributed by atoms with E-state index in [0.717, 1.165) is 50.7 Å². The number of aryl methyl sites for hydroxylation is 3. The Morgan fingerprint density at radius 3 is 2.07 bits per heavy atom. The van der Waals surface area contributed by atoms with Crippen LogP contribution < -0.4 is 10.1 Å². The van der Waals surface area contributed by atoms with Gasteiger partial charge in [-0.25, -0.2) is 4.79 Å². The molecule has 29 heavy (non-hydrogen) atoms. The highest BCUT2D eigenvalue weighted by Gasteiger charge is 2.36. The number of benzene rings is 1. The van der Waals surface area contributed by atoms with Crippen LogP contribution in [0.15, 0.2) is 12.1 Å². The maximum Gasteiger partial charge on any atom is 0.412 e. The molecule has 1 aromatic rings. The van der Waals surface area contributed by atoms with Gasteiger partial charge in [0.15, 0.2) is 0 Å². The number of amides is 1. The van der Waals surface area contributed by atoms with Crippen LogP contribution in [0, 0.1) is 10.8 Å². The molecule has 0 aromatic heterocycles. The summed E-state index contributed by atoms with van der Waals surface area (Å²) in [5, 5.41) is 3.10. The van der Waals surface area contributed by atoms with E-state index < -0.39 is 0 Å². The molecule has 1 fully saturated rings. The highest BCUT2D eigenvalue weighted by atomic mass is 16.6. The van der Waals surface area contributed by atoms with Gasteiger partial charge >= 0.3 is 6.09 Å². The molecule has 1 saturated carbocycles. The molecule has 1 aliphatic carbocycles. The normalized spacial score (nSPS) is 21.0. The number of nitrogens with one attached hydrogen (secondary N) is 1. The van der Waals surface area contributed by atoms with Gasteiger partial charge in [0.05, 0.1) is 0 Å². The highest BCUT2D eigenvalue weighted by Crippen LogP contribution is 2.45. The van der Waals surface area contributed by atoms with Gasteiger partial charge in [0.25, 0.3) is 0 Å². The first-order valence-corrected chi connectivity index (χ1v) is 11.8. The summed E-state index contributed by atoms with van der Waals surface area (Å²) in [4.78, 5) is 12.7. The van der Waals surface area contributed by atoms with E-state index >= 15 is 0 Å². The molecule has 2 rings (SSSR count). The SMILES string of the molecule is CCCc1cc(CCC)c(OC(=O)NCC2(C)CCCC(C)(C)C2)c(CCC)c1. The molecule has 1 amide bonds. The van der Waals surface area contributed by atoms with Gasteiger partial charge in [-0.05, 0) is 66.0 Å². The third-order valence-corrected chi connectivity index (χ3v) is 6.27. The Labute approximate surface area is 179 Å². The molecule has 1 N–H and O–H groups in total. The minimum atomic E-state index is -0.299. The molecule has 0 saturated heterocycles. The van der Waals surface area contributed by atoms with E-state index in [1.807, 2.05) is 0 Å². The molecule has 1 atom stereocenters. The summed E-state index contributed by atoms with van der Waals surface area (Å²) in [5.41, 5.74) is 4.24.